The van der Waals surface area contributed by atoms with E-state index in [2.05, 4.69) is 25.2 Å². The molecule has 2 rings (SSSR count). The van der Waals surface area contributed by atoms with Crippen LogP contribution in [0.1, 0.15) is 26.7 Å². The Balaban J connectivity index is 2.39. The van der Waals surface area contributed by atoms with Crippen LogP contribution >= 0.6 is 0 Å². The monoisotopic (exact) mass is 176 g/mol. The van der Waals surface area contributed by atoms with Crippen LogP contribution in [-0.4, -0.2) is 5.11 Å². The van der Waals surface area contributed by atoms with Gasteiger partial charge in [-0.05, 0) is 43.8 Å². The van der Waals surface area contributed by atoms with E-state index in [-0.39, 0.29) is 0 Å². The molecular formula is C12H16O. The summed E-state index contributed by atoms with van der Waals surface area (Å²) in [7, 11) is 0. The Labute approximate surface area is 79.5 Å². The van der Waals surface area contributed by atoms with Crippen molar-refractivity contribution >= 4 is 0 Å². The van der Waals surface area contributed by atoms with Crippen molar-refractivity contribution in [1.82, 2.24) is 0 Å². The summed E-state index contributed by atoms with van der Waals surface area (Å²) in [6.07, 6.45) is 9.04. The Kier molecular flexibility index (Phi) is 2.03. The lowest BCUT2D eigenvalue weighted by Crippen LogP contribution is -2.20. The molecule has 1 heteroatoms. The van der Waals surface area contributed by atoms with Crippen LogP contribution in [0.3, 0.4) is 0 Å². The number of aliphatic hydroxyl groups is 1. The predicted octanol–water partition coefficient (Wildman–Crippen LogP) is 3.36. The van der Waals surface area contributed by atoms with Crippen molar-refractivity contribution in [3.63, 3.8) is 0 Å². The highest BCUT2D eigenvalue weighted by Gasteiger charge is 2.27. The first-order valence-corrected chi connectivity index (χ1v) is 4.95. The molecule has 0 saturated carbocycles. The Hall–Kier alpha value is -0.980. The molecule has 0 aromatic rings. The van der Waals surface area contributed by atoms with E-state index in [0.717, 1.165) is 12.0 Å². The molecule has 0 bridgehead atoms. The molecule has 2 atom stereocenters. The van der Waals surface area contributed by atoms with E-state index in [4.69, 9.17) is 0 Å². The minimum absolute atomic E-state index is 0.525. The fraction of sp³-hybridized carbons (Fsp3) is 0.500. The molecule has 0 saturated heterocycles. The molecule has 2 aliphatic carbocycles. The number of hydrogen-bond donors (Lipinski definition) is 1. The van der Waals surface area contributed by atoms with Crippen LogP contribution in [0.2, 0.25) is 0 Å². The molecule has 1 nitrogen and oxygen atoms in total. The molecule has 2 unspecified atom stereocenters. The van der Waals surface area contributed by atoms with Gasteiger partial charge in [0.05, 0.1) is 0 Å². The SMILES string of the molecule is CC1=CC2C=CCCC2C(C)=C1O. The molecule has 0 fully saturated rings. The molecule has 1 N–H and O–H groups in total. The number of aliphatic hydroxyl groups excluding tert-OH is 1. The first-order chi connectivity index (χ1) is 6.20. The molecule has 0 heterocycles. The Morgan fingerprint density at radius 3 is 2.92 bits per heavy atom. The third-order valence-corrected chi connectivity index (χ3v) is 3.21. The number of allylic oxidation sites excluding steroid dienone is 5. The highest BCUT2D eigenvalue weighted by Crippen LogP contribution is 2.38. The Morgan fingerprint density at radius 2 is 2.15 bits per heavy atom. The number of fused-ring (bicyclic) bond motifs is 1. The van der Waals surface area contributed by atoms with Crippen LogP contribution in [0.15, 0.2) is 35.1 Å². The second-order valence-electron chi connectivity index (χ2n) is 4.07. The normalized spacial score (nSPS) is 32.9. The highest BCUT2D eigenvalue weighted by atomic mass is 16.3. The zero-order chi connectivity index (χ0) is 9.42. The summed E-state index contributed by atoms with van der Waals surface area (Å²) in [6, 6.07) is 0. The summed E-state index contributed by atoms with van der Waals surface area (Å²) in [4.78, 5) is 0. The molecule has 13 heavy (non-hydrogen) atoms. The van der Waals surface area contributed by atoms with Gasteiger partial charge in [0.15, 0.2) is 0 Å². The molecule has 0 spiro atoms. The lowest BCUT2D eigenvalue weighted by atomic mass is 9.75. The summed E-state index contributed by atoms with van der Waals surface area (Å²) >= 11 is 0. The largest absolute Gasteiger partial charge is 0.508 e. The summed E-state index contributed by atoms with van der Waals surface area (Å²) in [5.41, 5.74) is 2.21. The molecular weight excluding hydrogens is 160 g/mol. The quantitative estimate of drug-likeness (QED) is 0.561. The van der Waals surface area contributed by atoms with E-state index in [0.29, 0.717) is 17.6 Å². The van der Waals surface area contributed by atoms with Crippen molar-refractivity contribution in [2.75, 3.05) is 0 Å². The van der Waals surface area contributed by atoms with Gasteiger partial charge < -0.3 is 5.11 Å². The van der Waals surface area contributed by atoms with Gasteiger partial charge in [-0.25, -0.2) is 0 Å². The fourth-order valence-corrected chi connectivity index (χ4v) is 2.39. The fourth-order valence-electron chi connectivity index (χ4n) is 2.39. The molecule has 70 valence electrons. The lowest BCUT2D eigenvalue weighted by Gasteiger charge is -2.31. The minimum Gasteiger partial charge on any atom is -0.508 e. The zero-order valence-corrected chi connectivity index (χ0v) is 8.25. The zero-order valence-electron chi connectivity index (χ0n) is 8.25. The van der Waals surface area contributed by atoms with Crippen LogP contribution in [0.25, 0.3) is 0 Å². The maximum absolute atomic E-state index is 9.77. The number of hydrogen-bond acceptors (Lipinski definition) is 1. The van der Waals surface area contributed by atoms with E-state index in [1.165, 1.54) is 12.0 Å². The van der Waals surface area contributed by atoms with Gasteiger partial charge in [0.25, 0.3) is 0 Å². The molecule has 0 aromatic carbocycles. The van der Waals surface area contributed by atoms with Gasteiger partial charge in [-0.3, -0.25) is 0 Å². The van der Waals surface area contributed by atoms with Crippen molar-refractivity contribution in [2.45, 2.75) is 26.7 Å². The van der Waals surface area contributed by atoms with Gasteiger partial charge in [-0.15, -0.1) is 0 Å². The van der Waals surface area contributed by atoms with E-state index >= 15 is 0 Å². The second-order valence-corrected chi connectivity index (χ2v) is 4.07. The molecule has 2 aliphatic rings. The van der Waals surface area contributed by atoms with Gasteiger partial charge in [0.2, 0.25) is 0 Å². The topological polar surface area (TPSA) is 20.2 Å². The van der Waals surface area contributed by atoms with Crippen LogP contribution in [0.4, 0.5) is 0 Å². The predicted molar refractivity (Wildman–Crippen MR) is 54.4 cm³/mol. The standard InChI is InChI=1S/C12H16O/c1-8-7-10-5-3-4-6-11(10)9(2)12(8)13/h3,5,7,10-11,13H,4,6H2,1-2H3. The van der Waals surface area contributed by atoms with E-state index in [1.807, 2.05) is 6.92 Å². The third kappa shape index (κ3) is 1.32. The average molecular weight is 176 g/mol. The van der Waals surface area contributed by atoms with Crippen molar-refractivity contribution in [3.8, 4) is 0 Å². The Morgan fingerprint density at radius 1 is 1.38 bits per heavy atom. The average Bonchev–Trinajstić information content (AvgIpc) is 2.15. The van der Waals surface area contributed by atoms with Gasteiger partial charge in [0.1, 0.15) is 5.76 Å². The minimum atomic E-state index is 0.525. The first kappa shape index (κ1) is 8.61. The van der Waals surface area contributed by atoms with Crippen molar-refractivity contribution < 1.29 is 5.11 Å². The smallest absolute Gasteiger partial charge is 0.117 e. The molecule has 0 radical (unpaired) electrons. The summed E-state index contributed by atoms with van der Waals surface area (Å²) in [5.74, 6) is 1.61. The maximum Gasteiger partial charge on any atom is 0.117 e. The third-order valence-electron chi connectivity index (χ3n) is 3.21. The van der Waals surface area contributed by atoms with Crippen molar-refractivity contribution in [2.24, 2.45) is 11.8 Å². The van der Waals surface area contributed by atoms with Crippen LogP contribution < -0.4 is 0 Å². The lowest BCUT2D eigenvalue weighted by molar-refractivity contribution is 0.368. The summed E-state index contributed by atoms with van der Waals surface area (Å²) in [6.45, 7) is 4.04. The maximum atomic E-state index is 9.77. The van der Waals surface area contributed by atoms with Crippen molar-refractivity contribution in [3.05, 3.63) is 35.1 Å². The van der Waals surface area contributed by atoms with Crippen LogP contribution in [0, 0.1) is 11.8 Å². The van der Waals surface area contributed by atoms with E-state index < -0.39 is 0 Å². The summed E-state index contributed by atoms with van der Waals surface area (Å²) in [5, 5.41) is 9.77. The summed E-state index contributed by atoms with van der Waals surface area (Å²) < 4.78 is 0. The van der Waals surface area contributed by atoms with Gasteiger partial charge in [0, 0.05) is 5.92 Å². The van der Waals surface area contributed by atoms with Gasteiger partial charge in [-0.2, -0.15) is 0 Å². The Bertz CT molecular complexity index is 307. The van der Waals surface area contributed by atoms with Crippen LogP contribution in [0.5, 0.6) is 0 Å². The van der Waals surface area contributed by atoms with Crippen molar-refractivity contribution in [1.29, 1.82) is 0 Å². The van der Waals surface area contributed by atoms with E-state index in [1.54, 1.807) is 0 Å². The second kappa shape index (κ2) is 3.06. The molecule has 0 aliphatic heterocycles. The van der Waals surface area contributed by atoms with Gasteiger partial charge in [-0.1, -0.05) is 18.2 Å². The highest BCUT2D eigenvalue weighted by molar-refractivity contribution is 5.36. The molecule has 0 amide bonds. The van der Waals surface area contributed by atoms with Gasteiger partial charge >= 0.3 is 0 Å². The van der Waals surface area contributed by atoms with E-state index in [9.17, 15) is 5.11 Å². The van der Waals surface area contributed by atoms with Crippen LogP contribution in [-0.2, 0) is 0 Å². The molecule has 0 aromatic heterocycles. The first-order valence-electron chi connectivity index (χ1n) is 4.95. The number of rotatable bonds is 0.